The highest BCUT2D eigenvalue weighted by atomic mass is 16.5. The van der Waals surface area contributed by atoms with Crippen molar-refractivity contribution in [2.45, 2.75) is 83.8 Å². The summed E-state index contributed by atoms with van der Waals surface area (Å²) in [6, 6.07) is 17.5. The fraction of sp³-hybridized carbons (Fsp3) is 0.500. The summed E-state index contributed by atoms with van der Waals surface area (Å²) >= 11 is 0. The number of benzene rings is 2. The van der Waals surface area contributed by atoms with Crippen molar-refractivity contribution >= 4 is 17.1 Å². The summed E-state index contributed by atoms with van der Waals surface area (Å²) < 4.78 is 5.60. The number of ether oxygens (including phenoxy) is 1. The third-order valence-corrected chi connectivity index (χ3v) is 6.90. The second-order valence-electron chi connectivity index (χ2n) is 10.4. The SMILES string of the molecule is CCCCCCCCCCNc1c(Nc2ccc(CC(C)NC[C@H](O)COc3ccccc3)cc2)c(=O)c1=O. The summed E-state index contributed by atoms with van der Waals surface area (Å²) in [6.45, 7) is 5.67. The summed E-state index contributed by atoms with van der Waals surface area (Å²) in [5.74, 6) is 0.744. The summed E-state index contributed by atoms with van der Waals surface area (Å²) in [5, 5.41) is 19.8. The largest absolute Gasteiger partial charge is 0.491 e. The Morgan fingerprint density at radius 1 is 0.821 bits per heavy atom. The number of aliphatic hydroxyl groups excluding tert-OH is 1. The van der Waals surface area contributed by atoms with Gasteiger partial charge in [0, 0.05) is 24.8 Å². The van der Waals surface area contributed by atoms with Crippen molar-refractivity contribution in [2.24, 2.45) is 0 Å². The van der Waals surface area contributed by atoms with Crippen LogP contribution in [0.15, 0.2) is 64.2 Å². The first-order chi connectivity index (χ1) is 19.0. The molecule has 0 amide bonds. The molecule has 0 radical (unpaired) electrons. The highest BCUT2D eigenvalue weighted by Gasteiger charge is 2.20. The van der Waals surface area contributed by atoms with Crippen LogP contribution >= 0.6 is 0 Å². The maximum atomic E-state index is 12.2. The zero-order valence-electron chi connectivity index (χ0n) is 23.5. The van der Waals surface area contributed by atoms with E-state index in [9.17, 15) is 14.7 Å². The molecule has 0 spiro atoms. The van der Waals surface area contributed by atoms with Gasteiger partial charge in [0.2, 0.25) is 0 Å². The Labute approximate surface area is 232 Å². The predicted octanol–water partition coefficient (Wildman–Crippen LogP) is 5.54. The Kier molecular flexibility index (Phi) is 13.0. The molecule has 7 nitrogen and oxygen atoms in total. The highest BCUT2D eigenvalue weighted by Crippen LogP contribution is 2.21. The molecule has 212 valence electrons. The summed E-state index contributed by atoms with van der Waals surface area (Å²) in [4.78, 5) is 24.2. The number of nitrogens with one attached hydrogen (secondary N) is 3. The summed E-state index contributed by atoms with van der Waals surface area (Å²) in [7, 11) is 0. The van der Waals surface area contributed by atoms with Crippen molar-refractivity contribution in [1.29, 1.82) is 0 Å². The lowest BCUT2D eigenvalue weighted by atomic mass is 10.1. The number of hydrogen-bond acceptors (Lipinski definition) is 7. The molecule has 1 unspecified atom stereocenters. The predicted molar refractivity (Wildman–Crippen MR) is 161 cm³/mol. The number of para-hydroxylation sites is 1. The van der Waals surface area contributed by atoms with Gasteiger partial charge in [0.15, 0.2) is 0 Å². The normalized spacial score (nSPS) is 12.8. The quantitative estimate of drug-likeness (QED) is 0.111. The van der Waals surface area contributed by atoms with E-state index in [0.717, 1.165) is 36.3 Å². The van der Waals surface area contributed by atoms with Crippen LogP contribution in [0.3, 0.4) is 0 Å². The monoisotopic (exact) mass is 535 g/mol. The standard InChI is InChI=1S/C32H45N3O4/c1-3-4-5-6-7-8-9-13-20-33-29-30(32(38)31(29)37)35-26-18-16-25(17-19-26)21-24(2)34-22-27(36)23-39-28-14-11-10-12-15-28/h10-12,14-19,24,27,33-36H,3-9,13,20-23H2,1-2H3/t24?,27-/m0/s1. The van der Waals surface area contributed by atoms with Gasteiger partial charge >= 0.3 is 0 Å². The van der Waals surface area contributed by atoms with E-state index in [0.29, 0.717) is 24.5 Å². The molecular weight excluding hydrogens is 490 g/mol. The summed E-state index contributed by atoms with van der Waals surface area (Å²) in [5.41, 5.74) is 1.76. The first-order valence-electron chi connectivity index (χ1n) is 14.5. The van der Waals surface area contributed by atoms with Crippen molar-refractivity contribution in [3.63, 3.8) is 0 Å². The number of hydrogen-bond donors (Lipinski definition) is 4. The fourth-order valence-electron chi connectivity index (χ4n) is 4.55. The van der Waals surface area contributed by atoms with E-state index in [-0.39, 0.29) is 12.6 Å². The average Bonchev–Trinajstić information content (AvgIpc) is 2.96. The zero-order chi connectivity index (χ0) is 27.9. The molecule has 0 heterocycles. The van der Waals surface area contributed by atoms with E-state index in [1.165, 1.54) is 38.5 Å². The van der Waals surface area contributed by atoms with Crippen molar-refractivity contribution in [3.05, 3.63) is 80.6 Å². The molecule has 0 fully saturated rings. The third-order valence-electron chi connectivity index (χ3n) is 6.90. The zero-order valence-corrected chi connectivity index (χ0v) is 23.5. The lowest BCUT2D eigenvalue weighted by Crippen LogP contribution is -2.37. The van der Waals surface area contributed by atoms with Crippen LogP contribution in [0.5, 0.6) is 5.75 Å². The van der Waals surface area contributed by atoms with E-state index < -0.39 is 17.0 Å². The molecule has 39 heavy (non-hydrogen) atoms. The maximum Gasteiger partial charge on any atom is 0.253 e. The van der Waals surface area contributed by atoms with E-state index in [1.807, 2.05) is 54.6 Å². The van der Waals surface area contributed by atoms with Crippen LogP contribution in [-0.4, -0.2) is 36.9 Å². The summed E-state index contributed by atoms with van der Waals surface area (Å²) in [6.07, 6.45) is 9.99. The van der Waals surface area contributed by atoms with Gasteiger partial charge in [0.25, 0.3) is 10.9 Å². The topological polar surface area (TPSA) is 99.7 Å². The van der Waals surface area contributed by atoms with Crippen molar-refractivity contribution < 1.29 is 9.84 Å². The average molecular weight is 536 g/mol. The van der Waals surface area contributed by atoms with Crippen LogP contribution in [0.1, 0.15) is 70.8 Å². The Bertz CT molecular complexity index is 1160. The lowest BCUT2D eigenvalue weighted by molar-refractivity contribution is 0.104. The van der Waals surface area contributed by atoms with Crippen molar-refractivity contribution in [2.75, 3.05) is 30.3 Å². The van der Waals surface area contributed by atoms with Crippen LogP contribution in [0.4, 0.5) is 17.1 Å². The minimum absolute atomic E-state index is 0.163. The molecule has 0 bridgehead atoms. The van der Waals surface area contributed by atoms with Gasteiger partial charge in [0.1, 0.15) is 29.8 Å². The van der Waals surface area contributed by atoms with E-state index >= 15 is 0 Å². The molecule has 7 heteroatoms. The van der Waals surface area contributed by atoms with Gasteiger partial charge in [0.05, 0.1) is 0 Å². The van der Waals surface area contributed by atoms with E-state index in [4.69, 9.17) is 4.74 Å². The number of unbranched alkanes of at least 4 members (excludes halogenated alkanes) is 7. The molecular formula is C32H45N3O4. The lowest BCUT2D eigenvalue weighted by Gasteiger charge is -2.18. The molecule has 0 saturated heterocycles. The van der Waals surface area contributed by atoms with E-state index in [2.05, 4.69) is 29.8 Å². The van der Waals surface area contributed by atoms with Crippen LogP contribution < -0.4 is 31.5 Å². The Morgan fingerprint density at radius 2 is 1.46 bits per heavy atom. The molecule has 0 aliphatic carbocycles. The van der Waals surface area contributed by atoms with Gasteiger partial charge in [-0.2, -0.15) is 0 Å². The highest BCUT2D eigenvalue weighted by molar-refractivity contribution is 5.78. The molecule has 3 aromatic carbocycles. The van der Waals surface area contributed by atoms with Crippen LogP contribution in [0.2, 0.25) is 0 Å². The van der Waals surface area contributed by atoms with E-state index in [1.54, 1.807) is 0 Å². The first-order valence-corrected chi connectivity index (χ1v) is 14.5. The van der Waals surface area contributed by atoms with Gasteiger partial charge in [-0.3, -0.25) is 9.59 Å². The molecule has 4 N–H and O–H groups in total. The van der Waals surface area contributed by atoms with Gasteiger partial charge in [-0.25, -0.2) is 0 Å². The van der Waals surface area contributed by atoms with Gasteiger partial charge in [-0.15, -0.1) is 0 Å². The molecule has 0 aromatic heterocycles. The Hall–Kier alpha value is -3.16. The maximum absolute atomic E-state index is 12.2. The minimum Gasteiger partial charge on any atom is -0.491 e. The molecule has 0 saturated carbocycles. The molecule has 0 aliphatic rings. The van der Waals surface area contributed by atoms with Gasteiger partial charge < -0.3 is 25.8 Å². The van der Waals surface area contributed by atoms with Crippen molar-refractivity contribution in [3.8, 4) is 5.75 Å². The fourth-order valence-corrected chi connectivity index (χ4v) is 4.55. The Morgan fingerprint density at radius 3 is 2.15 bits per heavy atom. The second kappa shape index (κ2) is 16.7. The minimum atomic E-state index is -0.603. The van der Waals surface area contributed by atoms with Gasteiger partial charge in [-0.1, -0.05) is 82.2 Å². The smallest absolute Gasteiger partial charge is 0.253 e. The molecule has 3 rings (SSSR count). The van der Waals surface area contributed by atoms with Crippen LogP contribution in [0, 0.1) is 0 Å². The first kappa shape index (κ1) is 30.4. The second-order valence-corrected chi connectivity index (χ2v) is 10.4. The number of anilines is 3. The molecule has 2 atom stereocenters. The van der Waals surface area contributed by atoms with Crippen LogP contribution in [0.25, 0.3) is 0 Å². The third kappa shape index (κ3) is 10.5. The number of aliphatic hydroxyl groups is 1. The number of rotatable bonds is 20. The van der Waals surface area contributed by atoms with Crippen LogP contribution in [-0.2, 0) is 6.42 Å². The Balaban J connectivity index is 1.36. The van der Waals surface area contributed by atoms with Crippen molar-refractivity contribution in [1.82, 2.24) is 5.32 Å². The molecule has 3 aromatic rings. The molecule has 0 aliphatic heterocycles. The van der Waals surface area contributed by atoms with Gasteiger partial charge in [-0.05, 0) is 49.6 Å².